The van der Waals surface area contributed by atoms with Crippen molar-refractivity contribution < 1.29 is 4.74 Å². The molecule has 2 aromatic rings. The van der Waals surface area contributed by atoms with E-state index in [4.69, 9.17) is 4.74 Å². The summed E-state index contributed by atoms with van der Waals surface area (Å²) in [7, 11) is 0. The van der Waals surface area contributed by atoms with E-state index in [0.717, 1.165) is 29.4 Å². The number of hydrogen-bond acceptors (Lipinski definition) is 4. The van der Waals surface area contributed by atoms with Crippen molar-refractivity contribution in [2.75, 3.05) is 11.5 Å². The van der Waals surface area contributed by atoms with Crippen molar-refractivity contribution in [3.05, 3.63) is 48.0 Å². The summed E-state index contributed by atoms with van der Waals surface area (Å²) in [4.78, 5) is 11.1. The third-order valence-electron chi connectivity index (χ3n) is 3.35. The summed E-state index contributed by atoms with van der Waals surface area (Å²) in [5.41, 5.74) is 3.05. The van der Waals surface area contributed by atoms with Gasteiger partial charge in [0.05, 0.1) is 35.9 Å². The Balaban J connectivity index is 1.89. The van der Waals surface area contributed by atoms with Crippen LogP contribution in [-0.2, 0) is 6.54 Å². The van der Waals surface area contributed by atoms with Gasteiger partial charge in [0.25, 0.3) is 0 Å². The lowest BCUT2D eigenvalue weighted by molar-refractivity contribution is 0.268. The van der Waals surface area contributed by atoms with Gasteiger partial charge in [0, 0.05) is 6.20 Å². The van der Waals surface area contributed by atoms with Gasteiger partial charge in [-0.25, -0.2) is 0 Å². The normalized spacial score (nSPS) is 17.8. The van der Waals surface area contributed by atoms with Crippen LogP contribution in [0.4, 0.5) is 5.69 Å². The summed E-state index contributed by atoms with van der Waals surface area (Å²) in [5, 5.41) is 0. The SMILES string of the molecule is Cc1cnc(CN2c3ccccc3OC[C@H]2C)cn1. The second kappa shape index (κ2) is 4.88. The van der Waals surface area contributed by atoms with Gasteiger partial charge >= 0.3 is 0 Å². The lowest BCUT2D eigenvalue weighted by Crippen LogP contribution is -2.40. The molecule has 0 amide bonds. The molecule has 0 unspecified atom stereocenters. The van der Waals surface area contributed by atoms with E-state index in [1.54, 1.807) is 0 Å². The number of rotatable bonds is 2. The molecule has 98 valence electrons. The summed E-state index contributed by atoms with van der Waals surface area (Å²) in [6.07, 6.45) is 3.66. The van der Waals surface area contributed by atoms with Crippen LogP contribution in [0.1, 0.15) is 18.3 Å². The van der Waals surface area contributed by atoms with E-state index in [-0.39, 0.29) is 0 Å². The minimum absolute atomic E-state index is 0.331. The van der Waals surface area contributed by atoms with Crippen LogP contribution in [0.25, 0.3) is 0 Å². The molecule has 1 atom stereocenters. The van der Waals surface area contributed by atoms with E-state index in [1.165, 1.54) is 0 Å². The van der Waals surface area contributed by atoms with Gasteiger partial charge in [-0.2, -0.15) is 0 Å². The molecule has 0 bridgehead atoms. The van der Waals surface area contributed by atoms with Crippen LogP contribution in [0.2, 0.25) is 0 Å². The topological polar surface area (TPSA) is 38.2 Å². The highest BCUT2D eigenvalue weighted by atomic mass is 16.5. The molecule has 0 spiro atoms. The van der Waals surface area contributed by atoms with E-state index in [0.29, 0.717) is 12.6 Å². The minimum atomic E-state index is 0.331. The Hall–Kier alpha value is -2.10. The van der Waals surface area contributed by atoms with E-state index >= 15 is 0 Å². The zero-order valence-corrected chi connectivity index (χ0v) is 11.2. The Morgan fingerprint density at radius 1 is 1.26 bits per heavy atom. The van der Waals surface area contributed by atoms with Crippen molar-refractivity contribution in [2.24, 2.45) is 0 Å². The largest absolute Gasteiger partial charge is 0.489 e. The van der Waals surface area contributed by atoms with Gasteiger partial charge in [-0.15, -0.1) is 0 Å². The number of aryl methyl sites for hydroxylation is 1. The van der Waals surface area contributed by atoms with Crippen LogP contribution < -0.4 is 9.64 Å². The first-order valence-corrected chi connectivity index (χ1v) is 6.50. The molecular weight excluding hydrogens is 238 g/mol. The molecule has 0 fully saturated rings. The first kappa shape index (κ1) is 12.0. The van der Waals surface area contributed by atoms with Gasteiger partial charge in [0.15, 0.2) is 0 Å². The first-order valence-electron chi connectivity index (χ1n) is 6.50. The van der Waals surface area contributed by atoms with Crippen LogP contribution in [0.15, 0.2) is 36.7 Å². The minimum Gasteiger partial charge on any atom is -0.489 e. The highest BCUT2D eigenvalue weighted by Crippen LogP contribution is 2.34. The Kier molecular flexibility index (Phi) is 3.07. The molecule has 19 heavy (non-hydrogen) atoms. The summed E-state index contributed by atoms with van der Waals surface area (Å²) in [6.45, 7) is 5.58. The molecule has 4 heteroatoms. The molecule has 0 saturated heterocycles. The molecule has 0 aliphatic carbocycles. The molecule has 4 nitrogen and oxygen atoms in total. The van der Waals surface area contributed by atoms with Crippen LogP contribution in [0.3, 0.4) is 0 Å². The molecule has 0 radical (unpaired) electrons. The number of fused-ring (bicyclic) bond motifs is 1. The van der Waals surface area contributed by atoms with E-state index in [9.17, 15) is 0 Å². The monoisotopic (exact) mass is 255 g/mol. The van der Waals surface area contributed by atoms with Gasteiger partial charge in [-0.05, 0) is 26.0 Å². The molecule has 0 saturated carbocycles. The zero-order valence-electron chi connectivity index (χ0n) is 11.2. The Morgan fingerprint density at radius 3 is 2.89 bits per heavy atom. The molecule has 1 aromatic heterocycles. The second-order valence-electron chi connectivity index (χ2n) is 4.90. The molecule has 3 rings (SSSR count). The number of anilines is 1. The highest BCUT2D eigenvalue weighted by molar-refractivity contribution is 5.60. The predicted molar refractivity (Wildman–Crippen MR) is 74.4 cm³/mol. The Morgan fingerprint density at radius 2 is 2.11 bits per heavy atom. The van der Waals surface area contributed by atoms with Crippen molar-refractivity contribution in [1.29, 1.82) is 0 Å². The van der Waals surface area contributed by atoms with E-state index in [2.05, 4.69) is 27.9 Å². The van der Waals surface area contributed by atoms with Crippen LogP contribution in [0, 0.1) is 6.92 Å². The van der Waals surface area contributed by atoms with Crippen LogP contribution >= 0.6 is 0 Å². The third-order valence-corrected chi connectivity index (χ3v) is 3.35. The van der Waals surface area contributed by atoms with Crippen molar-refractivity contribution in [2.45, 2.75) is 26.4 Å². The van der Waals surface area contributed by atoms with Crippen molar-refractivity contribution >= 4 is 5.69 Å². The smallest absolute Gasteiger partial charge is 0.142 e. The molecule has 2 heterocycles. The predicted octanol–water partition coefficient (Wildman–Crippen LogP) is 2.57. The Labute approximate surface area is 113 Å². The number of aromatic nitrogens is 2. The third kappa shape index (κ3) is 2.38. The van der Waals surface area contributed by atoms with Crippen molar-refractivity contribution in [3.8, 4) is 5.75 Å². The number of hydrogen-bond donors (Lipinski definition) is 0. The number of benzene rings is 1. The number of ether oxygens (including phenoxy) is 1. The van der Waals surface area contributed by atoms with Gasteiger partial charge in [-0.1, -0.05) is 12.1 Å². The fourth-order valence-corrected chi connectivity index (χ4v) is 2.27. The maximum Gasteiger partial charge on any atom is 0.142 e. The molecule has 0 N–H and O–H groups in total. The Bertz CT molecular complexity index is 568. The lowest BCUT2D eigenvalue weighted by atomic mass is 10.1. The maximum absolute atomic E-state index is 5.75. The standard InChI is InChI=1S/C15H17N3O/c1-11-7-17-13(8-16-11)9-18-12(2)10-19-15-6-4-3-5-14(15)18/h3-8,12H,9-10H2,1-2H3/t12-/m1/s1. The molecular formula is C15H17N3O. The first-order chi connectivity index (χ1) is 9.24. The van der Waals surface area contributed by atoms with E-state index in [1.807, 2.05) is 37.5 Å². The molecule has 1 aliphatic rings. The second-order valence-corrected chi connectivity index (χ2v) is 4.90. The highest BCUT2D eigenvalue weighted by Gasteiger charge is 2.24. The summed E-state index contributed by atoms with van der Waals surface area (Å²) < 4.78 is 5.75. The van der Waals surface area contributed by atoms with Crippen LogP contribution in [0.5, 0.6) is 5.75 Å². The quantitative estimate of drug-likeness (QED) is 0.826. The fraction of sp³-hybridized carbons (Fsp3) is 0.333. The summed E-state index contributed by atoms with van der Waals surface area (Å²) in [6, 6.07) is 8.46. The van der Waals surface area contributed by atoms with Gasteiger partial charge in [0.2, 0.25) is 0 Å². The van der Waals surface area contributed by atoms with Crippen molar-refractivity contribution in [1.82, 2.24) is 9.97 Å². The summed E-state index contributed by atoms with van der Waals surface area (Å²) in [5.74, 6) is 0.945. The zero-order chi connectivity index (χ0) is 13.2. The van der Waals surface area contributed by atoms with Gasteiger partial charge < -0.3 is 9.64 Å². The van der Waals surface area contributed by atoms with E-state index < -0.39 is 0 Å². The average molecular weight is 255 g/mol. The van der Waals surface area contributed by atoms with Gasteiger partial charge in [-0.3, -0.25) is 9.97 Å². The number of para-hydroxylation sites is 2. The van der Waals surface area contributed by atoms with Crippen LogP contribution in [-0.4, -0.2) is 22.6 Å². The maximum atomic E-state index is 5.75. The van der Waals surface area contributed by atoms with Crippen molar-refractivity contribution in [3.63, 3.8) is 0 Å². The fourth-order valence-electron chi connectivity index (χ4n) is 2.27. The molecule has 1 aromatic carbocycles. The van der Waals surface area contributed by atoms with Gasteiger partial charge in [0.1, 0.15) is 12.4 Å². The molecule has 1 aliphatic heterocycles. The summed E-state index contributed by atoms with van der Waals surface area (Å²) >= 11 is 0. The average Bonchev–Trinajstić information content (AvgIpc) is 2.44. The lowest BCUT2D eigenvalue weighted by Gasteiger charge is -2.36. The number of nitrogens with zero attached hydrogens (tertiary/aromatic N) is 3.